The maximum Gasteiger partial charge on any atom is 0.0124 e. The second-order valence-electron chi connectivity index (χ2n) is 15.3. The van der Waals surface area contributed by atoms with Crippen LogP contribution in [0.2, 0.25) is 0 Å². The molecule has 3 unspecified atom stereocenters. The minimum absolute atomic E-state index is 0. The Balaban J connectivity index is 0.000000708. The molecule has 0 amide bonds. The van der Waals surface area contributed by atoms with Crippen LogP contribution in [0.15, 0.2) is 51.2 Å². The van der Waals surface area contributed by atoms with Gasteiger partial charge in [0, 0.05) is 73.6 Å². The van der Waals surface area contributed by atoms with Crippen molar-refractivity contribution >= 4 is 56.7 Å². The first-order valence-corrected chi connectivity index (χ1v) is 24.5. The largest absolute Gasteiger partial charge is 0.330 e. The van der Waals surface area contributed by atoms with Crippen molar-refractivity contribution in [2.45, 2.75) is 145 Å². The molecule has 5 aliphatic carbocycles. The molecule has 0 aliphatic heterocycles. The van der Waals surface area contributed by atoms with Crippen molar-refractivity contribution < 1.29 is 0 Å². The van der Waals surface area contributed by atoms with Crippen molar-refractivity contribution in [3.63, 3.8) is 0 Å². The van der Waals surface area contributed by atoms with Crippen molar-refractivity contribution in [3.8, 4) is 0 Å². The lowest BCUT2D eigenvalue weighted by atomic mass is 10.1. The van der Waals surface area contributed by atoms with Gasteiger partial charge in [-0.25, -0.2) is 0 Å². The fourth-order valence-electron chi connectivity index (χ4n) is 8.87. The number of nitrogens with one attached hydrogen (secondary N) is 3. The third-order valence-corrected chi connectivity index (χ3v) is 17.6. The first-order chi connectivity index (χ1) is 26.5. The summed E-state index contributed by atoms with van der Waals surface area (Å²) >= 11 is 9.52. The van der Waals surface area contributed by atoms with E-state index in [9.17, 15) is 0 Å². The van der Waals surface area contributed by atoms with Gasteiger partial charge in [-0.05, 0) is 190 Å². The minimum Gasteiger partial charge on any atom is -0.330 e. The molecule has 5 atom stereocenters. The van der Waals surface area contributed by atoms with Crippen LogP contribution in [0, 0.1) is 6.92 Å². The lowest BCUT2D eigenvalue weighted by Crippen LogP contribution is -2.14. The van der Waals surface area contributed by atoms with Gasteiger partial charge in [-0.1, -0.05) is 44.6 Å². The number of likely N-dealkylation sites (N-methyl/N-ethyl adjacent to an activating group) is 3. The van der Waals surface area contributed by atoms with Crippen molar-refractivity contribution in [2.24, 2.45) is 11.5 Å². The zero-order chi connectivity index (χ0) is 37.9. The monoisotopic (exact) mass is 918 g/mol. The Labute approximate surface area is 389 Å². The normalized spacial score (nSPS) is 20.1. The van der Waals surface area contributed by atoms with Crippen LogP contribution in [0.25, 0.3) is 0 Å². The van der Waals surface area contributed by atoms with Gasteiger partial charge in [-0.2, -0.15) is 0 Å². The number of rotatable bonds is 8. The van der Waals surface area contributed by atoms with E-state index < -0.39 is 0 Å². The van der Waals surface area contributed by atoms with E-state index in [1.165, 1.54) is 69.8 Å². The van der Waals surface area contributed by atoms with Crippen LogP contribution in [0.4, 0.5) is 0 Å². The molecule has 0 radical (unpaired) electrons. The Morgan fingerprint density at radius 3 is 1.08 bits per heavy atom. The lowest BCUT2D eigenvalue weighted by molar-refractivity contribution is 0.629. The number of aryl methyl sites for hydroxylation is 5. The van der Waals surface area contributed by atoms with Gasteiger partial charge >= 0.3 is 0 Å². The zero-order valence-corrected chi connectivity index (χ0v) is 37.0. The van der Waals surface area contributed by atoms with E-state index in [1.807, 2.05) is 77.8 Å². The van der Waals surface area contributed by atoms with Gasteiger partial charge in [0.15, 0.2) is 0 Å². The van der Waals surface area contributed by atoms with Crippen LogP contribution in [-0.4, -0.2) is 53.9 Å². The molecule has 60 heavy (non-hydrogen) atoms. The molecular weight excluding hydrogens is 831 g/mol. The molecule has 0 aromatic carbocycles. The van der Waals surface area contributed by atoms with E-state index >= 15 is 0 Å². The van der Waals surface area contributed by atoms with Gasteiger partial charge < -0.3 is 27.4 Å². The minimum atomic E-state index is 0. The van der Waals surface area contributed by atoms with Gasteiger partial charge in [0.1, 0.15) is 0 Å². The fourth-order valence-corrected chi connectivity index (χ4v) is 14.5. The first-order valence-electron chi connectivity index (χ1n) is 20.1. The van der Waals surface area contributed by atoms with Crippen molar-refractivity contribution in [3.05, 3.63) is 109 Å². The van der Waals surface area contributed by atoms with Crippen molar-refractivity contribution in [1.29, 1.82) is 0 Å². The van der Waals surface area contributed by atoms with Crippen LogP contribution >= 0.6 is 56.7 Å². The van der Waals surface area contributed by atoms with Gasteiger partial charge in [0.05, 0.1) is 0 Å². The molecule has 0 bridgehead atoms. The highest BCUT2D eigenvalue weighted by Crippen LogP contribution is 2.40. The summed E-state index contributed by atoms with van der Waals surface area (Å²) < 4.78 is 0. The predicted octanol–water partition coefficient (Wildman–Crippen LogP) is 13.6. The molecule has 5 aromatic rings. The van der Waals surface area contributed by atoms with E-state index in [1.54, 1.807) is 52.2 Å². The average Bonchev–Trinajstić information content (AvgIpc) is 4.02. The molecule has 0 spiro atoms. The summed E-state index contributed by atoms with van der Waals surface area (Å²) in [6.07, 6.45) is 13.0. The second-order valence-corrected chi connectivity index (χ2v) is 20.0. The molecule has 10 rings (SSSR count). The molecule has 0 saturated carbocycles. The maximum absolute atomic E-state index is 5.66. The van der Waals surface area contributed by atoms with Crippen LogP contribution in [0.1, 0.15) is 164 Å². The topological polar surface area (TPSA) is 88.1 Å². The number of hydrogen-bond donors (Lipinski definition) is 5. The van der Waals surface area contributed by atoms with Gasteiger partial charge in [0.2, 0.25) is 0 Å². The first kappa shape index (κ1) is 58.3. The summed E-state index contributed by atoms with van der Waals surface area (Å²) in [7, 11) is 6.10. The third kappa shape index (κ3) is 14.4. The Morgan fingerprint density at radius 2 is 0.750 bits per heavy atom. The Morgan fingerprint density at radius 1 is 0.450 bits per heavy atom. The molecular formula is C50H87N5S5. The van der Waals surface area contributed by atoms with E-state index in [0.29, 0.717) is 11.8 Å². The summed E-state index contributed by atoms with van der Waals surface area (Å²) in [5, 5.41) is 20.8. The molecule has 5 nitrogen and oxygen atoms in total. The third-order valence-electron chi connectivity index (χ3n) is 11.8. The number of thiophene rings is 5. The van der Waals surface area contributed by atoms with E-state index in [-0.39, 0.29) is 44.6 Å². The van der Waals surface area contributed by atoms with Gasteiger partial charge in [-0.15, -0.1) is 56.7 Å². The molecule has 342 valence electrons. The van der Waals surface area contributed by atoms with Crippen molar-refractivity contribution in [1.82, 2.24) is 16.0 Å². The Hall–Kier alpha value is -1.70. The summed E-state index contributed by atoms with van der Waals surface area (Å²) in [6.45, 7) is 7.29. The van der Waals surface area contributed by atoms with E-state index in [0.717, 1.165) is 50.5 Å². The summed E-state index contributed by atoms with van der Waals surface area (Å²) in [4.78, 5) is 7.98. The Bertz CT molecular complexity index is 1710. The van der Waals surface area contributed by atoms with Crippen LogP contribution < -0.4 is 27.4 Å². The number of fused-ring (bicyclic) bond motifs is 5. The van der Waals surface area contributed by atoms with Crippen molar-refractivity contribution in [2.75, 3.05) is 53.9 Å². The second kappa shape index (κ2) is 29.6. The molecule has 5 aromatic heterocycles. The summed E-state index contributed by atoms with van der Waals surface area (Å²) in [5.41, 5.74) is 20.7. The van der Waals surface area contributed by atoms with E-state index in [4.69, 9.17) is 11.5 Å². The summed E-state index contributed by atoms with van der Waals surface area (Å²) in [5.74, 6) is 3.75. The predicted molar refractivity (Wildman–Crippen MR) is 282 cm³/mol. The zero-order valence-electron chi connectivity index (χ0n) is 32.9. The number of nitrogens with two attached hydrogens (primary N) is 2. The maximum atomic E-state index is 5.66. The molecule has 7 N–H and O–H groups in total. The van der Waals surface area contributed by atoms with E-state index in [2.05, 4.69) is 74.0 Å². The average molecular weight is 919 g/mol. The number of hydrogen-bond acceptors (Lipinski definition) is 10. The molecule has 5 heterocycles. The van der Waals surface area contributed by atoms with Crippen LogP contribution in [0.3, 0.4) is 0 Å². The fraction of sp³-hybridized carbons (Fsp3) is 0.600. The van der Waals surface area contributed by atoms with Crippen LogP contribution in [-0.2, 0) is 32.1 Å². The molecule has 0 saturated heterocycles. The lowest BCUT2D eigenvalue weighted by Gasteiger charge is -2.06. The highest BCUT2D eigenvalue weighted by Gasteiger charge is 2.26. The van der Waals surface area contributed by atoms with Gasteiger partial charge in [-0.3, -0.25) is 0 Å². The quantitative estimate of drug-likeness (QED) is 0.107. The molecule has 10 heteroatoms. The SMILES string of the molecule is C.C.C.C.C.C.CNCC1CCc2ccsc21.CNC[C@@H]1CCc2ccsc21.CNC[C@H]1CCc2ccsc21.Cc1csc2c1CCC2CN.NCC1CCc2ccsc21. The van der Waals surface area contributed by atoms with Gasteiger partial charge in [0.25, 0.3) is 0 Å². The molecule has 0 fully saturated rings. The Kier molecular flexibility index (Phi) is 28.8. The highest BCUT2D eigenvalue weighted by molar-refractivity contribution is 7.11. The van der Waals surface area contributed by atoms with Crippen LogP contribution in [0.5, 0.6) is 0 Å². The summed E-state index contributed by atoms with van der Waals surface area (Å²) in [6, 6.07) is 9.05. The smallest absolute Gasteiger partial charge is 0.0124 e. The molecule has 5 aliphatic rings. The highest BCUT2D eigenvalue weighted by atomic mass is 32.1. The standard InChI is InChI=1S/4C9H13NS.C8H11NS.6CH4/c1-6-5-11-9-7(4-10)2-3-8(6)9;3*1-10-6-8-3-2-7-4-5-11-9(7)8;9-5-7-2-1-6-3-4-10-8(6)7;;;;;;/h5,7H,2-4,10H2,1H3;3*4-5,8,10H,2-3,6H2,1H3;3-4,7H,1-2,5,9H2;6*1H4/t;2*8-;;;;;;;;/m.10......../s1.